The Morgan fingerprint density at radius 2 is 1.67 bits per heavy atom. The van der Waals surface area contributed by atoms with E-state index in [9.17, 15) is 48.3 Å². The Bertz CT molecular complexity index is 1380. The molecule has 1 unspecified atom stereocenters. The fraction of sp³-hybridized carbons (Fsp3) is 0.571. The maximum Gasteiger partial charge on any atom is 0.454 e. The van der Waals surface area contributed by atoms with Crippen LogP contribution in [0.5, 0.6) is 0 Å². The van der Waals surface area contributed by atoms with E-state index in [4.69, 9.17) is 0 Å². The predicted molar refractivity (Wildman–Crippen MR) is 136 cm³/mol. The second kappa shape index (κ2) is 12.2. The third kappa shape index (κ3) is 6.79. The van der Waals surface area contributed by atoms with Crippen LogP contribution in [0.1, 0.15) is 49.8 Å². The van der Waals surface area contributed by atoms with Crippen molar-refractivity contribution in [2.24, 2.45) is 11.8 Å². The van der Waals surface area contributed by atoms with Gasteiger partial charge in [-0.3, -0.25) is 14.7 Å². The highest BCUT2D eigenvalue weighted by atomic mass is 32.2. The van der Waals surface area contributed by atoms with Gasteiger partial charge in [0.15, 0.2) is 9.84 Å². The van der Waals surface area contributed by atoms with Gasteiger partial charge >= 0.3 is 12.1 Å². The number of benzene rings is 1. The van der Waals surface area contributed by atoms with Crippen LogP contribution >= 0.6 is 0 Å². The van der Waals surface area contributed by atoms with E-state index >= 15 is 0 Å². The molecule has 0 radical (unpaired) electrons. The van der Waals surface area contributed by atoms with Crippen LogP contribution in [-0.4, -0.2) is 67.2 Å². The molecule has 1 aromatic carbocycles. The molecule has 4 atom stereocenters. The van der Waals surface area contributed by atoms with Gasteiger partial charge in [0, 0.05) is 29.9 Å². The van der Waals surface area contributed by atoms with Crippen LogP contribution in [0.25, 0.3) is 0 Å². The number of ketones is 1. The first kappa shape index (κ1) is 32.3. The summed E-state index contributed by atoms with van der Waals surface area (Å²) in [5, 5.41) is -1.38. The molecule has 14 heteroatoms. The lowest BCUT2D eigenvalue weighted by atomic mass is 9.91. The molecule has 1 aliphatic carbocycles. The Balaban J connectivity index is 1.42. The van der Waals surface area contributed by atoms with Gasteiger partial charge in [0.2, 0.25) is 0 Å². The minimum atomic E-state index is -5.65. The Labute approximate surface area is 238 Å². The number of halogens is 8. The van der Waals surface area contributed by atoms with Crippen molar-refractivity contribution in [1.29, 1.82) is 0 Å². The van der Waals surface area contributed by atoms with Crippen molar-refractivity contribution in [3.05, 3.63) is 59.4 Å². The number of Topliss-reactive ketones (excluding diaryl/α,β-unsaturated/α-hetero) is 1. The number of aromatic nitrogens is 1. The Kier molecular flexibility index (Phi) is 9.37. The summed E-state index contributed by atoms with van der Waals surface area (Å²) < 4.78 is 134. The highest BCUT2D eigenvalue weighted by Crippen LogP contribution is 2.42. The van der Waals surface area contributed by atoms with E-state index in [1.165, 1.54) is 13.0 Å². The number of hydrogen-bond acceptors (Lipinski definition) is 5. The van der Waals surface area contributed by atoms with Crippen LogP contribution in [0.3, 0.4) is 0 Å². The van der Waals surface area contributed by atoms with Crippen LogP contribution in [0, 0.1) is 23.5 Å². The third-order valence-corrected chi connectivity index (χ3v) is 10.7. The molecule has 1 aromatic heterocycles. The van der Waals surface area contributed by atoms with Crippen LogP contribution in [0.4, 0.5) is 35.1 Å². The van der Waals surface area contributed by atoms with Crippen molar-refractivity contribution in [1.82, 2.24) is 9.88 Å². The SMILES string of the molecule is C[C@@H]1C(S(=O)(=O)c2ccc(F)cc2)[C@H](C(=O)CCc2cc(C3CCN(CC(F)(F)C(F)(F)F)CC3)ncc2F)C[C@H]1F. The normalized spacial score (nSPS) is 24.7. The largest absolute Gasteiger partial charge is 0.454 e. The van der Waals surface area contributed by atoms with E-state index in [2.05, 4.69) is 4.98 Å². The molecule has 2 aliphatic rings. The number of likely N-dealkylation sites (tertiary alicyclic amines) is 1. The summed E-state index contributed by atoms with van der Waals surface area (Å²) >= 11 is 0. The highest BCUT2D eigenvalue weighted by molar-refractivity contribution is 7.92. The van der Waals surface area contributed by atoms with E-state index in [1.807, 2.05) is 0 Å². The number of carbonyl (C=O) groups excluding carboxylic acids is 1. The van der Waals surface area contributed by atoms with Crippen molar-refractivity contribution in [3.8, 4) is 0 Å². The fourth-order valence-corrected chi connectivity index (χ4v) is 8.13. The van der Waals surface area contributed by atoms with E-state index < -0.39 is 69.2 Å². The van der Waals surface area contributed by atoms with Crippen molar-refractivity contribution in [2.75, 3.05) is 19.6 Å². The molecule has 2 heterocycles. The van der Waals surface area contributed by atoms with Crippen LogP contribution in [-0.2, 0) is 21.1 Å². The molecule has 4 rings (SSSR count). The van der Waals surface area contributed by atoms with E-state index in [0.29, 0.717) is 5.69 Å². The first-order chi connectivity index (χ1) is 19.5. The van der Waals surface area contributed by atoms with Gasteiger partial charge in [0.05, 0.1) is 22.9 Å². The Morgan fingerprint density at radius 1 is 1.05 bits per heavy atom. The topological polar surface area (TPSA) is 67.3 Å². The molecule has 1 saturated heterocycles. The fourth-order valence-electron chi connectivity index (χ4n) is 5.87. The average molecular weight is 627 g/mol. The molecule has 232 valence electrons. The number of rotatable bonds is 9. The van der Waals surface area contributed by atoms with Crippen molar-refractivity contribution in [2.45, 2.75) is 73.4 Å². The Hall–Kier alpha value is -2.61. The summed E-state index contributed by atoms with van der Waals surface area (Å²) in [5.41, 5.74) is 0.497. The molecule has 42 heavy (non-hydrogen) atoms. The molecule has 0 N–H and O–H groups in total. The minimum Gasteiger partial charge on any atom is -0.299 e. The first-order valence-corrected chi connectivity index (χ1v) is 15.0. The summed E-state index contributed by atoms with van der Waals surface area (Å²) in [6.45, 7) is -0.145. The zero-order chi connectivity index (χ0) is 31.0. The zero-order valence-corrected chi connectivity index (χ0v) is 23.4. The molecule has 1 saturated carbocycles. The number of nitrogens with zero attached hydrogens (tertiary/aromatic N) is 2. The maximum absolute atomic E-state index is 14.7. The van der Waals surface area contributed by atoms with Crippen LogP contribution in [0.2, 0.25) is 0 Å². The van der Waals surface area contributed by atoms with Crippen LogP contribution in [0.15, 0.2) is 41.4 Å². The van der Waals surface area contributed by atoms with E-state index in [-0.39, 0.29) is 61.6 Å². The molecular formula is C28H30F8N2O3S. The molecule has 1 aliphatic heterocycles. The molecule has 2 fully saturated rings. The van der Waals surface area contributed by atoms with Crippen molar-refractivity contribution < 1.29 is 48.3 Å². The van der Waals surface area contributed by atoms with Crippen molar-refractivity contribution in [3.63, 3.8) is 0 Å². The number of carbonyl (C=O) groups is 1. The number of pyridine rings is 1. The van der Waals surface area contributed by atoms with Crippen LogP contribution < -0.4 is 0 Å². The van der Waals surface area contributed by atoms with Gasteiger partial charge < -0.3 is 0 Å². The number of sulfone groups is 1. The summed E-state index contributed by atoms with van der Waals surface area (Å²) in [6.07, 6.45) is -6.59. The lowest BCUT2D eigenvalue weighted by Gasteiger charge is -2.34. The summed E-state index contributed by atoms with van der Waals surface area (Å²) in [7, 11) is -4.19. The van der Waals surface area contributed by atoms with Gasteiger partial charge in [-0.25, -0.2) is 21.6 Å². The molecule has 0 bridgehead atoms. The number of alkyl halides is 6. The third-order valence-electron chi connectivity index (χ3n) is 8.32. The molecule has 5 nitrogen and oxygen atoms in total. The van der Waals surface area contributed by atoms with E-state index in [0.717, 1.165) is 35.4 Å². The van der Waals surface area contributed by atoms with Gasteiger partial charge in [0.25, 0.3) is 0 Å². The number of aryl methyl sites for hydroxylation is 1. The van der Waals surface area contributed by atoms with Gasteiger partial charge in [0.1, 0.15) is 23.6 Å². The lowest BCUT2D eigenvalue weighted by molar-refractivity contribution is -0.287. The molecular weight excluding hydrogens is 596 g/mol. The monoisotopic (exact) mass is 626 g/mol. The standard InChI is InChI=1S/C28H30F8N2O3S/c1-16-22(30)13-21(26(16)42(40,41)20-5-3-19(29)4-6-20)25(39)7-2-18-12-24(37-14-23(18)31)17-8-10-38(11-9-17)15-27(32,33)28(34,35)36/h3-6,12,14,16-17,21-22,26H,2,7-11,13,15H2,1H3/t16-,21-,22+,26?/m0/s1. The highest BCUT2D eigenvalue weighted by Gasteiger charge is 2.58. The lowest BCUT2D eigenvalue weighted by Crippen LogP contribution is -2.48. The summed E-state index contributed by atoms with van der Waals surface area (Å²) in [4.78, 5) is 18.0. The van der Waals surface area contributed by atoms with Gasteiger partial charge in [-0.05, 0) is 74.7 Å². The smallest absolute Gasteiger partial charge is 0.299 e. The summed E-state index contributed by atoms with van der Waals surface area (Å²) in [6, 6.07) is 5.45. The second-order valence-corrected chi connectivity index (χ2v) is 13.2. The van der Waals surface area contributed by atoms with Crippen molar-refractivity contribution >= 4 is 15.6 Å². The predicted octanol–water partition coefficient (Wildman–Crippen LogP) is 6.08. The number of piperidine rings is 1. The zero-order valence-electron chi connectivity index (χ0n) is 22.6. The van der Waals surface area contributed by atoms with Gasteiger partial charge in [-0.1, -0.05) is 6.92 Å². The molecule has 0 spiro atoms. The molecule has 0 amide bonds. The first-order valence-electron chi connectivity index (χ1n) is 13.5. The second-order valence-electron chi connectivity index (χ2n) is 11.1. The quantitative estimate of drug-likeness (QED) is 0.250. The van der Waals surface area contributed by atoms with Gasteiger partial charge in [-0.2, -0.15) is 22.0 Å². The van der Waals surface area contributed by atoms with Gasteiger partial charge in [-0.15, -0.1) is 0 Å². The Morgan fingerprint density at radius 3 is 2.26 bits per heavy atom. The number of hydrogen-bond donors (Lipinski definition) is 0. The maximum atomic E-state index is 14.7. The average Bonchev–Trinajstić information content (AvgIpc) is 3.22. The minimum absolute atomic E-state index is 0.0443. The molecule has 2 aromatic rings. The van der Waals surface area contributed by atoms with E-state index in [1.54, 1.807) is 0 Å². The summed E-state index contributed by atoms with van der Waals surface area (Å²) in [5.74, 6) is -9.30.